The molecule has 27 heavy (non-hydrogen) atoms. The average molecular weight is 365 g/mol. The normalized spacial score (nSPS) is 14.1. The second kappa shape index (κ2) is 8.49. The maximum Gasteiger partial charge on any atom is 0.253 e. The largest absolute Gasteiger partial charge is 0.349 e. The lowest BCUT2D eigenvalue weighted by atomic mass is 10.0. The van der Waals surface area contributed by atoms with Crippen molar-refractivity contribution in [1.29, 1.82) is 0 Å². The van der Waals surface area contributed by atoms with Crippen LogP contribution in [0, 0.1) is 0 Å². The van der Waals surface area contributed by atoms with Gasteiger partial charge in [-0.05, 0) is 30.5 Å². The molecule has 3 amide bonds. The van der Waals surface area contributed by atoms with Gasteiger partial charge in [-0.2, -0.15) is 0 Å². The van der Waals surface area contributed by atoms with Crippen molar-refractivity contribution in [2.45, 2.75) is 38.3 Å². The summed E-state index contributed by atoms with van der Waals surface area (Å²) < 4.78 is 0. The fraction of sp³-hybridized carbons (Fsp3) is 0.286. The van der Waals surface area contributed by atoms with Gasteiger partial charge in [0, 0.05) is 13.0 Å². The van der Waals surface area contributed by atoms with Crippen molar-refractivity contribution in [3.05, 3.63) is 65.7 Å². The van der Waals surface area contributed by atoms with Crippen LogP contribution in [0.4, 0.5) is 5.69 Å². The molecule has 3 rings (SSSR count). The number of hydrogen-bond donors (Lipinski definition) is 3. The van der Waals surface area contributed by atoms with Crippen LogP contribution in [0.5, 0.6) is 0 Å². The van der Waals surface area contributed by atoms with Gasteiger partial charge in [0.15, 0.2) is 0 Å². The number of nitrogens with one attached hydrogen (secondary N) is 3. The molecule has 2 aromatic rings. The fourth-order valence-corrected chi connectivity index (χ4v) is 2.85. The van der Waals surface area contributed by atoms with Gasteiger partial charge in [-0.25, -0.2) is 0 Å². The van der Waals surface area contributed by atoms with Crippen molar-refractivity contribution in [3.63, 3.8) is 0 Å². The highest BCUT2D eigenvalue weighted by Crippen LogP contribution is 2.22. The first kappa shape index (κ1) is 18.6. The first-order valence-electron chi connectivity index (χ1n) is 9.04. The lowest BCUT2D eigenvalue weighted by Gasteiger charge is -2.18. The molecule has 6 heteroatoms. The molecular formula is C21H23N3O3. The molecule has 1 atom stereocenters. The summed E-state index contributed by atoms with van der Waals surface area (Å²) in [5.41, 5.74) is 1.76. The number of para-hydroxylation sites is 1. The molecule has 2 aromatic carbocycles. The molecule has 0 aromatic heterocycles. The van der Waals surface area contributed by atoms with Crippen LogP contribution in [0.1, 0.15) is 48.1 Å². The minimum absolute atomic E-state index is 0.0716. The summed E-state index contributed by atoms with van der Waals surface area (Å²) in [6, 6.07) is 16.1. The monoisotopic (exact) mass is 365 g/mol. The number of carbonyl (C=O) groups excluding carboxylic acids is 3. The summed E-state index contributed by atoms with van der Waals surface area (Å²) in [5, 5.41) is 8.54. The van der Waals surface area contributed by atoms with Gasteiger partial charge in [0.2, 0.25) is 11.8 Å². The Morgan fingerprint density at radius 3 is 2.33 bits per heavy atom. The van der Waals surface area contributed by atoms with Crippen LogP contribution in [-0.4, -0.2) is 23.8 Å². The molecule has 140 valence electrons. The van der Waals surface area contributed by atoms with Crippen molar-refractivity contribution >= 4 is 23.4 Å². The number of benzene rings is 2. The molecule has 1 saturated carbocycles. The second-order valence-corrected chi connectivity index (χ2v) is 6.71. The summed E-state index contributed by atoms with van der Waals surface area (Å²) in [6.45, 7) is 1.42. The lowest BCUT2D eigenvalue weighted by molar-refractivity contribution is -0.120. The highest BCUT2D eigenvalue weighted by molar-refractivity contribution is 6.04. The Morgan fingerprint density at radius 2 is 1.67 bits per heavy atom. The van der Waals surface area contributed by atoms with Crippen molar-refractivity contribution < 1.29 is 14.4 Å². The maximum absolute atomic E-state index is 12.6. The Hall–Kier alpha value is -3.15. The number of anilines is 1. The third-order valence-electron chi connectivity index (χ3n) is 4.33. The van der Waals surface area contributed by atoms with E-state index in [1.54, 1.807) is 24.3 Å². The van der Waals surface area contributed by atoms with E-state index in [9.17, 15) is 14.4 Å². The number of carbonyl (C=O) groups is 3. The summed E-state index contributed by atoms with van der Waals surface area (Å²) in [6.07, 6.45) is 2.06. The summed E-state index contributed by atoms with van der Waals surface area (Å²) in [5.74, 6) is -0.667. The van der Waals surface area contributed by atoms with Crippen LogP contribution in [0.15, 0.2) is 54.6 Å². The molecule has 0 heterocycles. The molecular weight excluding hydrogens is 342 g/mol. The molecule has 0 spiro atoms. The molecule has 3 N–H and O–H groups in total. The SMILES string of the molecule is CC(=O)NC(CC(=O)Nc1ccccc1C(=O)NC1CC1)c1ccccc1. The average Bonchev–Trinajstić information content (AvgIpc) is 3.46. The van der Waals surface area contributed by atoms with Crippen LogP contribution >= 0.6 is 0 Å². The van der Waals surface area contributed by atoms with Gasteiger partial charge in [-0.1, -0.05) is 42.5 Å². The smallest absolute Gasteiger partial charge is 0.253 e. The van der Waals surface area contributed by atoms with Crippen LogP contribution in [0.3, 0.4) is 0 Å². The number of rotatable bonds is 7. The van der Waals surface area contributed by atoms with Crippen molar-refractivity contribution in [2.75, 3.05) is 5.32 Å². The van der Waals surface area contributed by atoms with E-state index >= 15 is 0 Å². The molecule has 0 radical (unpaired) electrons. The molecule has 0 aliphatic heterocycles. The summed E-state index contributed by atoms with van der Waals surface area (Å²) >= 11 is 0. The molecule has 0 bridgehead atoms. The van der Waals surface area contributed by atoms with Crippen LogP contribution in [-0.2, 0) is 9.59 Å². The van der Waals surface area contributed by atoms with E-state index in [0.717, 1.165) is 18.4 Å². The van der Waals surface area contributed by atoms with Crippen molar-refractivity contribution in [3.8, 4) is 0 Å². The summed E-state index contributed by atoms with van der Waals surface area (Å²) in [7, 11) is 0. The Balaban J connectivity index is 1.70. The van der Waals surface area contributed by atoms with Gasteiger partial charge in [0.25, 0.3) is 5.91 Å². The maximum atomic E-state index is 12.6. The molecule has 1 aliphatic rings. The predicted octanol–water partition coefficient (Wildman–Crippen LogP) is 2.78. The van der Waals surface area contributed by atoms with Crippen molar-refractivity contribution in [2.24, 2.45) is 0 Å². The second-order valence-electron chi connectivity index (χ2n) is 6.71. The van der Waals surface area contributed by atoms with E-state index in [0.29, 0.717) is 11.3 Å². The zero-order chi connectivity index (χ0) is 19.2. The first-order valence-corrected chi connectivity index (χ1v) is 9.04. The Bertz CT molecular complexity index is 832. The van der Waals surface area contributed by atoms with Gasteiger partial charge in [-0.3, -0.25) is 14.4 Å². The first-order chi connectivity index (χ1) is 13.0. The van der Waals surface area contributed by atoms with Crippen LogP contribution in [0.25, 0.3) is 0 Å². The summed E-state index contributed by atoms with van der Waals surface area (Å²) in [4.78, 5) is 36.5. The van der Waals surface area contributed by atoms with E-state index in [1.165, 1.54) is 6.92 Å². The van der Waals surface area contributed by atoms with Crippen LogP contribution < -0.4 is 16.0 Å². The zero-order valence-corrected chi connectivity index (χ0v) is 15.2. The van der Waals surface area contributed by atoms with Gasteiger partial charge < -0.3 is 16.0 Å². The van der Waals surface area contributed by atoms with Gasteiger partial charge in [-0.15, -0.1) is 0 Å². The molecule has 6 nitrogen and oxygen atoms in total. The Kier molecular flexibility index (Phi) is 5.86. The van der Waals surface area contributed by atoms with Crippen molar-refractivity contribution in [1.82, 2.24) is 10.6 Å². The quantitative estimate of drug-likeness (QED) is 0.705. The standard InChI is InChI=1S/C21H23N3O3/c1-14(25)22-19(15-7-3-2-4-8-15)13-20(26)24-18-10-6-5-9-17(18)21(27)23-16-11-12-16/h2-10,16,19H,11-13H2,1H3,(H,22,25)(H,23,27)(H,24,26). The van der Waals surface area contributed by atoms with E-state index in [1.807, 2.05) is 30.3 Å². The van der Waals surface area contributed by atoms with E-state index < -0.39 is 6.04 Å². The van der Waals surface area contributed by atoms with E-state index in [2.05, 4.69) is 16.0 Å². The van der Waals surface area contributed by atoms with Gasteiger partial charge >= 0.3 is 0 Å². The van der Waals surface area contributed by atoms with Gasteiger partial charge in [0.05, 0.1) is 23.7 Å². The predicted molar refractivity (Wildman–Crippen MR) is 103 cm³/mol. The van der Waals surface area contributed by atoms with Crippen LogP contribution in [0.2, 0.25) is 0 Å². The molecule has 0 saturated heterocycles. The Labute approximate surface area is 158 Å². The third-order valence-corrected chi connectivity index (χ3v) is 4.33. The molecule has 1 unspecified atom stereocenters. The minimum Gasteiger partial charge on any atom is -0.349 e. The highest BCUT2D eigenvalue weighted by Gasteiger charge is 2.25. The number of hydrogen-bond acceptors (Lipinski definition) is 3. The molecule has 1 fully saturated rings. The van der Waals surface area contributed by atoms with Gasteiger partial charge in [0.1, 0.15) is 0 Å². The zero-order valence-electron chi connectivity index (χ0n) is 15.2. The molecule has 1 aliphatic carbocycles. The van der Waals surface area contributed by atoms with E-state index in [-0.39, 0.29) is 30.2 Å². The van der Waals surface area contributed by atoms with E-state index in [4.69, 9.17) is 0 Å². The topological polar surface area (TPSA) is 87.3 Å². The Morgan fingerprint density at radius 1 is 1.00 bits per heavy atom. The third kappa shape index (κ3) is 5.41. The number of amides is 3. The lowest BCUT2D eigenvalue weighted by Crippen LogP contribution is -2.30. The minimum atomic E-state index is -0.434. The fourth-order valence-electron chi connectivity index (χ4n) is 2.85. The highest BCUT2D eigenvalue weighted by atomic mass is 16.2.